The van der Waals surface area contributed by atoms with E-state index in [2.05, 4.69) is 31.4 Å². The first-order chi connectivity index (χ1) is 15.6. The van der Waals surface area contributed by atoms with Crippen molar-refractivity contribution in [2.24, 2.45) is 4.99 Å². The molecule has 0 unspecified atom stereocenters. The third kappa shape index (κ3) is 5.77. The molecule has 0 aliphatic carbocycles. The van der Waals surface area contributed by atoms with Crippen LogP contribution in [0.2, 0.25) is 5.02 Å². The van der Waals surface area contributed by atoms with E-state index in [-0.39, 0.29) is 23.4 Å². The zero-order chi connectivity index (χ0) is 23.7. The molecule has 186 valence electrons. The summed E-state index contributed by atoms with van der Waals surface area (Å²) in [5.41, 5.74) is 1.92. The van der Waals surface area contributed by atoms with Crippen LogP contribution in [0.4, 0.5) is 0 Å². The van der Waals surface area contributed by atoms with Gasteiger partial charge in [-0.1, -0.05) is 56.6 Å². The summed E-state index contributed by atoms with van der Waals surface area (Å²) in [5, 5.41) is 7.85. The van der Waals surface area contributed by atoms with Crippen LogP contribution in [0.25, 0.3) is 0 Å². The van der Waals surface area contributed by atoms with Crippen molar-refractivity contribution in [2.75, 3.05) is 26.2 Å². The lowest BCUT2D eigenvalue weighted by Crippen LogP contribution is -2.64. The van der Waals surface area contributed by atoms with Crippen LogP contribution in [0, 0.1) is 0 Å². The summed E-state index contributed by atoms with van der Waals surface area (Å²) >= 11 is 5.99. The molecule has 0 amide bonds. The van der Waals surface area contributed by atoms with E-state index in [9.17, 15) is 8.42 Å². The van der Waals surface area contributed by atoms with Crippen molar-refractivity contribution >= 4 is 39.9 Å². The zero-order valence-corrected chi connectivity index (χ0v) is 22.4. The molecule has 0 atom stereocenters. The lowest BCUT2D eigenvalue weighted by Gasteiger charge is -2.44. The van der Waals surface area contributed by atoms with Gasteiger partial charge < -0.3 is 10.6 Å². The average Bonchev–Trinajstić information content (AvgIpc) is 2.79. The van der Waals surface area contributed by atoms with Gasteiger partial charge in [0.1, 0.15) is 5.84 Å². The van der Waals surface area contributed by atoms with Crippen LogP contribution in [-0.2, 0) is 22.0 Å². The molecule has 0 saturated carbocycles. The molecule has 2 aromatic carbocycles. The number of nitrogens with one attached hydrogen (secondary N) is 2. The number of sulfonamides is 1. The van der Waals surface area contributed by atoms with Crippen LogP contribution < -0.4 is 10.6 Å². The van der Waals surface area contributed by atoms with Gasteiger partial charge in [0.05, 0.1) is 17.0 Å². The van der Waals surface area contributed by atoms with Crippen molar-refractivity contribution in [1.29, 1.82) is 0 Å². The van der Waals surface area contributed by atoms with Crippen molar-refractivity contribution in [3.05, 3.63) is 64.7 Å². The average molecular weight is 526 g/mol. The molecule has 0 radical (unpaired) electrons. The second-order valence-corrected chi connectivity index (χ2v) is 12.3. The van der Waals surface area contributed by atoms with E-state index in [0.29, 0.717) is 48.9 Å². The van der Waals surface area contributed by atoms with Gasteiger partial charge in [-0.15, -0.1) is 12.4 Å². The van der Waals surface area contributed by atoms with Gasteiger partial charge in [0.25, 0.3) is 0 Å². The number of hydrogen-bond donors (Lipinski definition) is 2. The Morgan fingerprint density at radius 3 is 2.26 bits per heavy atom. The molecule has 1 saturated heterocycles. The summed E-state index contributed by atoms with van der Waals surface area (Å²) in [6.07, 6.45) is 1.36. The summed E-state index contributed by atoms with van der Waals surface area (Å²) in [5.74, 6) is 0.926. The van der Waals surface area contributed by atoms with E-state index in [1.807, 2.05) is 36.4 Å². The van der Waals surface area contributed by atoms with Crippen LogP contribution in [0.1, 0.15) is 44.7 Å². The molecule has 2 N–H and O–H groups in total. The minimum Gasteiger partial charge on any atom is -0.368 e. The first kappa shape index (κ1) is 27.0. The number of piperidine rings is 1. The summed E-state index contributed by atoms with van der Waals surface area (Å²) in [4.78, 5) is 5.13. The lowest BCUT2D eigenvalue weighted by molar-refractivity contribution is 0.241. The summed E-state index contributed by atoms with van der Waals surface area (Å²) in [7, 11) is -3.52. The van der Waals surface area contributed by atoms with E-state index in [4.69, 9.17) is 16.6 Å². The fourth-order valence-corrected chi connectivity index (χ4v) is 6.08. The van der Waals surface area contributed by atoms with E-state index in [0.717, 1.165) is 23.5 Å². The van der Waals surface area contributed by atoms with E-state index >= 15 is 0 Å². The van der Waals surface area contributed by atoms with Gasteiger partial charge >= 0.3 is 0 Å². The fourth-order valence-electron chi connectivity index (χ4n) is 4.51. The van der Waals surface area contributed by atoms with Crippen molar-refractivity contribution in [3.8, 4) is 0 Å². The maximum atomic E-state index is 13.3. The molecule has 1 spiro atoms. The van der Waals surface area contributed by atoms with Gasteiger partial charge in [-0.3, -0.25) is 4.99 Å². The Labute approximate surface area is 214 Å². The van der Waals surface area contributed by atoms with Gasteiger partial charge in [-0.2, -0.15) is 4.31 Å². The molecule has 9 heteroatoms. The van der Waals surface area contributed by atoms with Gasteiger partial charge in [-0.25, -0.2) is 8.42 Å². The predicted molar refractivity (Wildman–Crippen MR) is 142 cm³/mol. The third-order valence-electron chi connectivity index (χ3n) is 6.61. The molecule has 2 aromatic rings. The monoisotopic (exact) mass is 524 g/mol. The predicted octanol–water partition coefficient (Wildman–Crippen LogP) is 4.37. The molecular weight excluding hydrogens is 491 g/mol. The molecule has 4 rings (SSSR count). The van der Waals surface area contributed by atoms with E-state index < -0.39 is 10.0 Å². The molecule has 0 bridgehead atoms. The number of hydrogen-bond acceptors (Lipinski definition) is 5. The van der Waals surface area contributed by atoms with Crippen molar-refractivity contribution in [2.45, 2.75) is 56.0 Å². The lowest BCUT2D eigenvalue weighted by atomic mass is 9.85. The summed E-state index contributed by atoms with van der Waals surface area (Å²) < 4.78 is 28.2. The van der Waals surface area contributed by atoms with Crippen LogP contribution >= 0.6 is 24.0 Å². The van der Waals surface area contributed by atoms with Crippen LogP contribution in [0.3, 0.4) is 0 Å². The Morgan fingerprint density at radius 2 is 1.68 bits per heavy atom. The highest BCUT2D eigenvalue weighted by atomic mass is 35.5. The largest absolute Gasteiger partial charge is 0.368 e. The summed E-state index contributed by atoms with van der Waals surface area (Å²) in [6.45, 7) is 9.45. The fraction of sp³-hybridized carbons (Fsp3) is 0.480. The Bertz CT molecular complexity index is 1100. The highest BCUT2D eigenvalue weighted by Gasteiger charge is 2.43. The van der Waals surface area contributed by atoms with E-state index in [1.165, 1.54) is 0 Å². The highest BCUT2D eigenvalue weighted by molar-refractivity contribution is 7.89. The van der Waals surface area contributed by atoms with Gasteiger partial charge in [0, 0.05) is 31.2 Å². The first-order valence-corrected chi connectivity index (χ1v) is 13.3. The van der Waals surface area contributed by atoms with E-state index in [1.54, 1.807) is 16.4 Å². The quantitative estimate of drug-likeness (QED) is 0.622. The number of aliphatic imine (C=N–C) groups is 1. The first-order valence-electron chi connectivity index (χ1n) is 11.5. The Balaban J connectivity index is 0.00000324. The topological polar surface area (TPSA) is 73.8 Å². The van der Waals surface area contributed by atoms with Gasteiger partial charge in [-0.05, 0) is 53.6 Å². The maximum Gasteiger partial charge on any atom is 0.243 e. The Kier molecular flexibility index (Phi) is 8.36. The number of amidine groups is 1. The standard InChI is InChI=1S/C25H33ClN4O2S.ClH/c1-24(2,3)20-6-10-22(11-7-20)33(31,32)30-16-12-25(13-17-30)23(27-14-15-29-25)28-18-19-4-8-21(26)9-5-19;/h4-11,29H,12-18H2,1-3H3,(H,27,28);1H. The zero-order valence-electron chi connectivity index (χ0n) is 20.0. The molecule has 2 aliphatic rings. The molecule has 0 aromatic heterocycles. The number of benzene rings is 2. The Hall–Kier alpha value is -1.64. The maximum absolute atomic E-state index is 13.3. The molecule has 6 nitrogen and oxygen atoms in total. The highest BCUT2D eigenvalue weighted by Crippen LogP contribution is 2.30. The second-order valence-electron chi connectivity index (χ2n) is 9.90. The molecule has 34 heavy (non-hydrogen) atoms. The number of rotatable bonds is 4. The molecular formula is C25H34Cl2N4O2S. The SMILES string of the molecule is CC(C)(C)c1ccc(S(=O)(=O)N2CCC3(CC2)NCCN=C3NCc2ccc(Cl)cc2)cc1.Cl. The van der Waals surface area contributed by atoms with Gasteiger partial charge in [0.15, 0.2) is 0 Å². The van der Waals surface area contributed by atoms with Crippen molar-refractivity contribution < 1.29 is 8.42 Å². The minimum absolute atomic E-state index is 0. The van der Waals surface area contributed by atoms with Crippen LogP contribution in [0.5, 0.6) is 0 Å². The van der Waals surface area contributed by atoms with Gasteiger partial charge in [0.2, 0.25) is 10.0 Å². The Morgan fingerprint density at radius 1 is 1.06 bits per heavy atom. The van der Waals surface area contributed by atoms with Crippen molar-refractivity contribution in [1.82, 2.24) is 14.9 Å². The van der Waals surface area contributed by atoms with Crippen molar-refractivity contribution in [3.63, 3.8) is 0 Å². The van der Waals surface area contributed by atoms with Crippen LogP contribution in [-0.4, -0.2) is 50.3 Å². The number of halogens is 2. The number of nitrogens with zero attached hydrogens (tertiary/aromatic N) is 2. The second kappa shape index (κ2) is 10.5. The molecule has 1 fully saturated rings. The molecule has 2 aliphatic heterocycles. The third-order valence-corrected chi connectivity index (χ3v) is 8.77. The van der Waals surface area contributed by atoms with Crippen LogP contribution in [0.15, 0.2) is 58.4 Å². The molecule has 2 heterocycles. The minimum atomic E-state index is -3.52. The summed E-state index contributed by atoms with van der Waals surface area (Å²) in [6, 6.07) is 15.1. The smallest absolute Gasteiger partial charge is 0.243 e. The normalized spacial score (nSPS) is 18.8.